The van der Waals surface area contributed by atoms with E-state index in [0.717, 1.165) is 17.0 Å². The maximum atomic E-state index is 11.7. The molecule has 0 fully saturated rings. The first-order valence-corrected chi connectivity index (χ1v) is 6.66. The first kappa shape index (κ1) is 13.2. The molecule has 0 spiro atoms. The van der Waals surface area contributed by atoms with Gasteiger partial charge in [0.25, 0.3) is 0 Å². The lowest BCUT2D eigenvalue weighted by molar-refractivity contribution is -0.111. The van der Waals surface area contributed by atoms with Gasteiger partial charge >= 0.3 is 0 Å². The molecule has 98 valence electrons. The van der Waals surface area contributed by atoms with Crippen LogP contribution in [0.4, 0.5) is 10.8 Å². The number of benzene rings is 1. The number of hydrogen-bond donors (Lipinski definition) is 2. The average Bonchev–Trinajstić information content (AvgIpc) is 2.86. The number of aryl methyl sites for hydroxylation is 1. The van der Waals surface area contributed by atoms with Gasteiger partial charge in [-0.25, -0.2) is 0 Å². The molecule has 3 N–H and O–H groups in total. The highest BCUT2D eigenvalue weighted by Gasteiger charge is 2.04. The van der Waals surface area contributed by atoms with Crippen LogP contribution in [0.5, 0.6) is 0 Å². The van der Waals surface area contributed by atoms with Crippen molar-refractivity contribution in [2.45, 2.75) is 13.3 Å². The van der Waals surface area contributed by atoms with Gasteiger partial charge in [-0.1, -0.05) is 30.4 Å². The van der Waals surface area contributed by atoms with E-state index < -0.39 is 0 Å². The van der Waals surface area contributed by atoms with Crippen molar-refractivity contribution < 1.29 is 4.79 Å². The number of amides is 1. The Hall–Kier alpha value is -2.21. The van der Waals surface area contributed by atoms with Crippen molar-refractivity contribution in [3.63, 3.8) is 0 Å². The van der Waals surface area contributed by atoms with Gasteiger partial charge in [0.2, 0.25) is 11.0 Å². The van der Waals surface area contributed by atoms with Crippen LogP contribution in [0.3, 0.4) is 0 Å². The molecule has 0 atom stereocenters. The molecule has 2 rings (SSSR count). The third-order valence-corrected chi connectivity index (χ3v) is 3.35. The van der Waals surface area contributed by atoms with E-state index in [1.165, 1.54) is 17.4 Å². The van der Waals surface area contributed by atoms with Gasteiger partial charge in [0, 0.05) is 11.8 Å². The Balaban J connectivity index is 1.95. The van der Waals surface area contributed by atoms with E-state index in [1.807, 2.05) is 19.1 Å². The van der Waals surface area contributed by atoms with E-state index in [0.29, 0.717) is 10.8 Å². The molecule has 0 aliphatic rings. The van der Waals surface area contributed by atoms with Crippen LogP contribution >= 0.6 is 11.3 Å². The number of carbonyl (C=O) groups is 1. The molecule has 5 nitrogen and oxygen atoms in total. The van der Waals surface area contributed by atoms with Crippen LogP contribution in [0.2, 0.25) is 0 Å². The Morgan fingerprint density at radius 2 is 2.11 bits per heavy atom. The number of carbonyl (C=O) groups excluding carboxylic acids is 1. The second-order valence-electron chi connectivity index (χ2n) is 3.84. The highest BCUT2D eigenvalue weighted by atomic mass is 32.1. The van der Waals surface area contributed by atoms with Gasteiger partial charge in [-0.15, -0.1) is 10.2 Å². The maximum Gasteiger partial charge on any atom is 0.250 e. The highest BCUT2D eigenvalue weighted by molar-refractivity contribution is 7.15. The van der Waals surface area contributed by atoms with Crippen LogP contribution in [0, 0.1) is 0 Å². The summed E-state index contributed by atoms with van der Waals surface area (Å²) in [5.41, 5.74) is 7.19. The Morgan fingerprint density at radius 1 is 1.37 bits per heavy atom. The lowest BCUT2D eigenvalue weighted by Crippen LogP contribution is -2.07. The first-order valence-electron chi connectivity index (χ1n) is 5.84. The Labute approximate surface area is 115 Å². The molecule has 1 amide bonds. The zero-order valence-corrected chi connectivity index (χ0v) is 11.3. The van der Waals surface area contributed by atoms with Gasteiger partial charge in [0.15, 0.2) is 0 Å². The number of aromatic nitrogens is 2. The molecule has 1 aromatic carbocycles. The van der Waals surface area contributed by atoms with Crippen molar-refractivity contribution in [2.75, 3.05) is 11.1 Å². The smallest absolute Gasteiger partial charge is 0.250 e. The second kappa shape index (κ2) is 6.10. The molecule has 0 aliphatic carbocycles. The molecular weight excluding hydrogens is 260 g/mol. The summed E-state index contributed by atoms with van der Waals surface area (Å²) in [6.07, 6.45) is 3.99. The standard InChI is InChI=1S/C13H14N4OS/c1-2-12-16-17-13(19-12)15-11(18)8-5-9-3-6-10(14)7-4-9/h3-8H,2,14H2,1H3,(H,15,17,18)/b8-5+. The van der Waals surface area contributed by atoms with Gasteiger partial charge in [0.1, 0.15) is 5.01 Å². The molecule has 1 heterocycles. The van der Waals surface area contributed by atoms with Crippen LogP contribution in [0.1, 0.15) is 17.5 Å². The Kier molecular flexibility index (Phi) is 4.25. The van der Waals surface area contributed by atoms with Crippen molar-refractivity contribution in [1.82, 2.24) is 10.2 Å². The van der Waals surface area contributed by atoms with E-state index in [2.05, 4.69) is 15.5 Å². The van der Waals surface area contributed by atoms with Gasteiger partial charge in [-0.05, 0) is 30.2 Å². The zero-order valence-electron chi connectivity index (χ0n) is 10.5. The number of nitrogens with zero attached hydrogens (tertiary/aromatic N) is 2. The topological polar surface area (TPSA) is 80.9 Å². The lowest BCUT2D eigenvalue weighted by atomic mass is 10.2. The number of hydrogen-bond acceptors (Lipinski definition) is 5. The SMILES string of the molecule is CCc1nnc(NC(=O)/C=C/c2ccc(N)cc2)s1. The molecule has 0 saturated carbocycles. The van der Waals surface area contributed by atoms with Crippen molar-refractivity contribution >= 4 is 34.1 Å². The minimum Gasteiger partial charge on any atom is -0.399 e. The van der Waals surface area contributed by atoms with Gasteiger partial charge in [-0.3, -0.25) is 10.1 Å². The summed E-state index contributed by atoms with van der Waals surface area (Å²) >= 11 is 1.38. The van der Waals surface area contributed by atoms with E-state index in [9.17, 15) is 4.79 Å². The molecular formula is C13H14N4OS. The minimum absolute atomic E-state index is 0.226. The van der Waals surface area contributed by atoms with E-state index >= 15 is 0 Å². The first-order chi connectivity index (χ1) is 9.17. The fourth-order valence-electron chi connectivity index (χ4n) is 1.37. The molecule has 19 heavy (non-hydrogen) atoms. The van der Waals surface area contributed by atoms with Crippen LogP contribution in [-0.4, -0.2) is 16.1 Å². The number of nitrogens with one attached hydrogen (secondary N) is 1. The molecule has 2 aromatic rings. The van der Waals surface area contributed by atoms with Crippen molar-refractivity contribution in [3.8, 4) is 0 Å². The zero-order chi connectivity index (χ0) is 13.7. The molecule has 0 radical (unpaired) electrons. The fourth-order valence-corrected chi connectivity index (χ4v) is 2.06. The Bertz CT molecular complexity index is 589. The number of nitrogen functional groups attached to an aromatic ring is 1. The van der Waals surface area contributed by atoms with Crippen LogP contribution in [0.15, 0.2) is 30.3 Å². The van der Waals surface area contributed by atoms with Crippen molar-refractivity contribution in [2.24, 2.45) is 0 Å². The monoisotopic (exact) mass is 274 g/mol. The maximum absolute atomic E-state index is 11.7. The summed E-state index contributed by atoms with van der Waals surface area (Å²) in [7, 11) is 0. The van der Waals surface area contributed by atoms with Crippen molar-refractivity contribution in [1.29, 1.82) is 0 Å². The average molecular weight is 274 g/mol. The number of nitrogens with two attached hydrogens (primary N) is 1. The molecule has 6 heteroatoms. The summed E-state index contributed by atoms with van der Waals surface area (Å²) < 4.78 is 0. The van der Waals surface area contributed by atoms with Gasteiger partial charge < -0.3 is 5.73 Å². The van der Waals surface area contributed by atoms with Crippen LogP contribution < -0.4 is 11.1 Å². The molecule has 0 aliphatic heterocycles. The predicted octanol–water partition coefficient (Wildman–Crippen LogP) is 2.33. The van der Waals surface area contributed by atoms with E-state index in [4.69, 9.17) is 5.73 Å². The van der Waals surface area contributed by atoms with Gasteiger partial charge in [0.05, 0.1) is 0 Å². The molecule has 0 bridgehead atoms. The lowest BCUT2D eigenvalue weighted by Gasteiger charge is -1.96. The summed E-state index contributed by atoms with van der Waals surface area (Å²) in [5, 5.41) is 11.9. The molecule has 1 aromatic heterocycles. The third kappa shape index (κ3) is 3.89. The second-order valence-corrected chi connectivity index (χ2v) is 4.91. The largest absolute Gasteiger partial charge is 0.399 e. The summed E-state index contributed by atoms with van der Waals surface area (Å²) in [6.45, 7) is 1.99. The number of rotatable bonds is 4. The van der Waals surface area contributed by atoms with E-state index in [1.54, 1.807) is 18.2 Å². The fraction of sp³-hybridized carbons (Fsp3) is 0.154. The highest BCUT2D eigenvalue weighted by Crippen LogP contribution is 2.15. The predicted molar refractivity (Wildman–Crippen MR) is 77.8 cm³/mol. The molecule has 0 unspecified atom stereocenters. The third-order valence-electron chi connectivity index (χ3n) is 2.36. The minimum atomic E-state index is -0.226. The summed E-state index contributed by atoms with van der Waals surface area (Å²) in [4.78, 5) is 11.7. The molecule has 0 saturated heterocycles. The van der Waals surface area contributed by atoms with Crippen molar-refractivity contribution in [3.05, 3.63) is 40.9 Å². The summed E-state index contributed by atoms with van der Waals surface area (Å²) in [5.74, 6) is -0.226. The number of anilines is 2. The van der Waals surface area contributed by atoms with Gasteiger partial charge in [-0.2, -0.15) is 0 Å². The normalized spacial score (nSPS) is 10.8. The Morgan fingerprint density at radius 3 is 2.74 bits per heavy atom. The van der Waals surface area contributed by atoms with E-state index in [-0.39, 0.29) is 5.91 Å². The van der Waals surface area contributed by atoms with Crippen LogP contribution in [-0.2, 0) is 11.2 Å². The summed E-state index contributed by atoms with van der Waals surface area (Å²) in [6, 6.07) is 7.27. The quantitative estimate of drug-likeness (QED) is 0.662. The van der Waals surface area contributed by atoms with Crippen LogP contribution in [0.25, 0.3) is 6.08 Å².